The van der Waals surface area contributed by atoms with Crippen molar-refractivity contribution >= 4 is 11.9 Å². The molecule has 0 aromatic rings. The van der Waals surface area contributed by atoms with Gasteiger partial charge >= 0.3 is 11.9 Å². The first-order valence-corrected chi connectivity index (χ1v) is 12.8. The zero-order chi connectivity index (χ0) is 22.5. The zero-order valence-electron chi connectivity index (χ0n) is 20.5. The Morgan fingerprint density at radius 1 is 0.600 bits per heavy atom. The van der Waals surface area contributed by atoms with Crippen molar-refractivity contribution in [3.8, 4) is 0 Å². The maximum absolute atomic E-state index is 11.9. The summed E-state index contributed by atoms with van der Waals surface area (Å²) in [6.07, 6.45) is 16.8. The molecule has 1 unspecified atom stereocenters. The monoisotopic (exact) mass is 426 g/mol. The van der Waals surface area contributed by atoms with Gasteiger partial charge in [-0.05, 0) is 37.5 Å². The summed E-state index contributed by atoms with van der Waals surface area (Å²) in [5.41, 5.74) is 0. The Morgan fingerprint density at radius 3 is 1.63 bits per heavy atom. The maximum Gasteiger partial charge on any atom is 0.305 e. The molecule has 4 heteroatoms. The van der Waals surface area contributed by atoms with Gasteiger partial charge < -0.3 is 9.47 Å². The number of unbranched alkanes of at least 4 members (excludes halogenated alkanes) is 9. The minimum atomic E-state index is -0.0326. The molecule has 0 amide bonds. The SMILES string of the molecule is CCCCCOC(=O)CCCCCCCCC(CCC(=O)OCCCCC)C(C)C. The first-order chi connectivity index (χ1) is 14.5. The standard InChI is InChI=1S/C26H50O4/c1-5-7-15-21-29-25(27)18-14-12-10-9-11-13-17-24(23(3)4)19-20-26(28)30-22-16-8-6-2/h23-24H,5-22H2,1-4H3. The number of esters is 2. The van der Waals surface area contributed by atoms with Crippen LogP contribution in [0.5, 0.6) is 0 Å². The molecular formula is C26H50O4. The van der Waals surface area contributed by atoms with E-state index in [1.807, 2.05) is 0 Å². The Hall–Kier alpha value is -1.06. The van der Waals surface area contributed by atoms with Crippen LogP contribution in [0.15, 0.2) is 0 Å². The Balaban J connectivity index is 3.65. The molecule has 1 atom stereocenters. The summed E-state index contributed by atoms with van der Waals surface area (Å²) in [5, 5.41) is 0. The molecule has 0 rings (SSSR count). The lowest BCUT2D eigenvalue weighted by Gasteiger charge is -2.20. The molecule has 0 aliphatic heterocycles. The van der Waals surface area contributed by atoms with Crippen molar-refractivity contribution in [1.29, 1.82) is 0 Å². The first-order valence-electron chi connectivity index (χ1n) is 12.8. The van der Waals surface area contributed by atoms with E-state index in [2.05, 4.69) is 27.7 Å². The number of rotatable bonds is 21. The van der Waals surface area contributed by atoms with Crippen molar-refractivity contribution in [2.45, 2.75) is 130 Å². The molecule has 0 radical (unpaired) electrons. The van der Waals surface area contributed by atoms with Gasteiger partial charge in [-0.1, -0.05) is 91.9 Å². The van der Waals surface area contributed by atoms with Crippen LogP contribution >= 0.6 is 0 Å². The number of hydrogen-bond acceptors (Lipinski definition) is 4. The van der Waals surface area contributed by atoms with Gasteiger partial charge in [0.1, 0.15) is 0 Å². The molecule has 0 aliphatic carbocycles. The normalized spacial score (nSPS) is 12.2. The van der Waals surface area contributed by atoms with Crippen LogP contribution in [0.3, 0.4) is 0 Å². The average molecular weight is 427 g/mol. The Labute approximate surface area is 186 Å². The summed E-state index contributed by atoms with van der Waals surface area (Å²) in [4.78, 5) is 23.5. The van der Waals surface area contributed by atoms with E-state index >= 15 is 0 Å². The van der Waals surface area contributed by atoms with Crippen LogP contribution in [0.25, 0.3) is 0 Å². The molecule has 4 nitrogen and oxygen atoms in total. The molecule has 178 valence electrons. The van der Waals surface area contributed by atoms with Gasteiger partial charge in [-0.25, -0.2) is 0 Å². The van der Waals surface area contributed by atoms with Crippen molar-refractivity contribution in [3.63, 3.8) is 0 Å². The minimum Gasteiger partial charge on any atom is -0.466 e. The molecule has 0 fully saturated rings. The van der Waals surface area contributed by atoms with E-state index in [0.29, 0.717) is 37.9 Å². The lowest BCUT2D eigenvalue weighted by atomic mass is 9.86. The number of carbonyl (C=O) groups excluding carboxylic acids is 2. The summed E-state index contributed by atoms with van der Waals surface area (Å²) in [6, 6.07) is 0. The van der Waals surface area contributed by atoms with E-state index in [-0.39, 0.29) is 11.9 Å². The Kier molecular flexibility index (Phi) is 20.4. The van der Waals surface area contributed by atoms with Crippen molar-refractivity contribution in [3.05, 3.63) is 0 Å². The second-order valence-electron chi connectivity index (χ2n) is 9.06. The van der Waals surface area contributed by atoms with Gasteiger partial charge in [-0.2, -0.15) is 0 Å². The van der Waals surface area contributed by atoms with Crippen molar-refractivity contribution in [2.75, 3.05) is 13.2 Å². The highest BCUT2D eigenvalue weighted by molar-refractivity contribution is 5.69. The average Bonchev–Trinajstić information content (AvgIpc) is 2.72. The number of hydrogen-bond donors (Lipinski definition) is 0. The molecule has 0 bridgehead atoms. The highest BCUT2D eigenvalue weighted by atomic mass is 16.5. The fraction of sp³-hybridized carbons (Fsp3) is 0.923. The van der Waals surface area contributed by atoms with Crippen LogP contribution in [-0.2, 0) is 19.1 Å². The summed E-state index contributed by atoms with van der Waals surface area (Å²) in [7, 11) is 0. The largest absolute Gasteiger partial charge is 0.466 e. The predicted octanol–water partition coefficient (Wildman–Crippen LogP) is 7.63. The van der Waals surface area contributed by atoms with E-state index in [9.17, 15) is 9.59 Å². The van der Waals surface area contributed by atoms with Gasteiger partial charge in [0.25, 0.3) is 0 Å². The van der Waals surface area contributed by atoms with Gasteiger partial charge in [-0.15, -0.1) is 0 Å². The van der Waals surface area contributed by atoms with E-state index in [1.165, 1.54) is 32.1 Å². The van der Waals surface area contributed by atoms with E-state index < -0.39 is 0 Å². The van der Waals surface area contributed by atoms with Gasteiger partial charge in [-0.3, -0.25) is 9.59 Å². The number of ether oxygens (including phenoxy) is 2. The Bertz CT molecular complexity index is 406. The maximum atomic E-state index is 11.9. The fourth-order valence-electron chi connectivity index (χ4n) is 3.72. The van der Waals surface area contributed by atoms with Gasteiger partial charge in [0.2, 0.25) is 0 Å². The van der Waals surface area contributed by atoms with Gasteiger partial charge in [0.05, 0.1) is 13.2 Å². The van der Waals surface area contributed by atoms with Crippen LogP contribution in [-0.4, -0.2) is 25.2 Å². The predicted molar refractivity (Wildman–Crippen MR) is 125 cm³/mol. The molecular weight excluding hydrogens is 376 g/mol. The van der Waals surface area contributed by atoms with Crippen LogP contribution in [0.1, 0.15) is 130 Å². The van der Waals surface area contributed by atoms with Crippen molar-refractivity contribution < 1.29 is 19.1 Å². The fourth-order valence-corrected chi connectivity index (χ4v) is 3.72. The lowest BCUT2D eigenvalue weighted by Crippen LogP contribution is -2.13. The molecule has 0 heterocycles. The Morgan fingerprint density at radius 2 is 1.10 bits per heavy atom. The van der Waals surface area contributed by atoms with Gasteiger partial charge in [0, 0.05) is 12.8 Å². The first kappa shape index (κ1) is 28.9. The van der Waals surface area contributed by atoms with Crippen LogP contribution in [0.4, 0.5) is 0 Å². The minimum absolute atomic E-state index is 0.0272. The summed E-state index contributed by atoms with van der Waals surface area (Å²) < 4.78 is 10.6. The van der Waals surface area contributed by atoms with E-state index in [4.69, 9.17) is 9.47 Å². The third kappa shape index (κ3) is 18.9. The highest BCUT2D eigenvalue weighted by Gasteiger charge is 2.15. The quantitative estimate of drug-likeness (QED) is 0.140. The second kappa shape index (κ2) is 21.2. The third-order valence-electron chi connectivity index (χ3n) is 5.89. The molecule has 0 aliphatic rings. The molecule has 0 aromatic carbocycles. The molecule has 0 saturated heterocycles. The second-order valence-corrected chi connectivity index (χ2v) is 9.06. The zero-order valence-corrected chi connectivity index (χ0v) is 20.5. The van der Waals surface area contributed by atoms with Gasteiger partial charge in [0.15, 0.2) is 0 Å². The summed E-state index contributed by atoms with van der Waals surface area (Å²) in [5.74, 6) is 1.16. The number of carbonyl (C=O) groups is 2. The molecule has 30 heavy (non-hydrogen) atoms. The highest BCUT2D eigenvalue weighted by Crippen LogP contribution is 2.24. The van der Waals surface area contributed by atoms with Crippen molar-refractivity contribution in [1.82, 2.24) is 0 Å². The van der Waals surface area contributed by atoms with Crippen molar-refractivity contribution in [2.24, 2.45) is 11.8 Å². The smallest absolute Gasteiger partial charge is 0.305 e. The lowest BCUT2D eigenvalue weighted by molar-refractivity contribution is -0.145. The third-order valence-corrected chi connectivity index (χ3v) is 5.89. The van der Waals surface area contributed by atoms with Crippen LogP contribution < -0.4 is 0 Å². The molecule has 0 aromatic heterocycles. The van der Waals surface area contributed by atoms with Crippen LogP contribution in [0.2, 0.25) is 0 Å². The molecule has 0 saturated carbocycles. The molecule has 0 N–H and O–H groups in total. The van der Waals surface area contributed by atoms with E-state index in [1.54, 1.807) is 0 Å². The summed E-state index contributed by atoms with van der Waals surface area (Å²) in [6.45, 7) is 9.99. The van der Waals surface area contributed by atoms with E-state index in [0.717, 1.165) is 57.8 Å². The topological polar surface area (TPSA) is 52.6 Å². The van der Waals surface area contributed by atoms with Crippen LogP contribution in [0, 0.1) is 11.8 Å². The summed E-state index contributed by atoms with van der Waals surface area (Å²) >= 11 is 0. The molecule has 0 spiro atoms.